The molecule has 0 unspecified atom stereocenters. The molecule has 10 rings (SSSR count). The summed E-state index contributed by atoms with van der Waals surface area (Å²) >= 11 is 6.20. The van der Waals surface area contributed by atoms with Crippen LogP contribution in [0.1, 0.15) is 116 Å². The number of carbonyl (C=O) groups excluding carboxylic acids is 3. The molecule has 6 aromatic rings. The van der Waals surface area contributed by atoms with E-state index in [1.54, 1.807) is 41.3 Å². The molecule has 6 heterocycles. The van der Waals surface area contributed by atoms with Gasteiger partial charge in [0.2, 0.25) is 11.8 Å². The molecule has 0 bridgehead atoms. The minimum absolute atomic E-state index is 0. The van der Waals surface area contributed by atoms with Crippen LogP contribution in [0, 0.1) is 22.7 Å². The Balaban J connectivity index is 0.000000753. The van der Waals surface area contributed by atoms with Crippen LogP contribution in [-0.4, -0.2) is 130 Å². The second kappa shape index (κ2) is 36.2. The maximum Gasteiger partial charge on any atom is 1.00 e. The van der Waals surface area contributed by atoms with E-state index in [0.29, 0.717) is 71.9 Å². The van der Waals surface area contributed by atoms with Gasteiger partial charge in [0.05, 0.1) is 52.8 Å². The van der Waals surface area contributed by atoms with Crippen molar-refractivity contribution >= 4 is 95.2 Å². The van der Waals surface area contributed by atoms with Crippen molar-refractivity contribution in [3.05, 3.63) is 101 Å². The summed E-state index contributed by atoms with van der Waals surface area (Å²) in [6, 6.07) is 18.0. The van der Waals surface area contributed by atoms with Gasteiger partial charge in [-0.15, -0.1) is 22.6 Å². The number of pyridine rings is 2. The molecule has 4 aliphatic rings. The third kappa shape index (κ3) is 23.1. The van der Waals surface area contributed by atoms with E-state index >= 15 is 0 Å². The molecule has 2 saturated carbocycles. The Kier molecular flexibility index (Phi) is 33.3. The van der Waals surface area contributed by atoms with E-state index in [4.69, 9.17) is 55.1 Å². The van der Waals surface area contributed by atoms with Gasteiger partial charge in [0.15, 0.2) is 11.6 Å². The number of methoxy groups -OCH3 is 4. The number of rotatable bonds is 20. The first-order chi connectivity index (χ1) is 41.0. The fourth-order valence-electron chi connectivity index (χ4n) is 9.79. The number of carbonyl (C=O) groups is 3. The average molecular weight is 1450 g/mol. The Hall–Kier alpha value is -3.46. The molecule has 2 aliphatic carbocycles. The van der Waals surface area contributed by atoms with Gasteiger partial charge in [-0.2, -0.15) is 27.0 Å². The molecule has 0 spiro atoms. The Morgan fingerprint density at radius 1 is 0.674 bits per heavy atom. The summed E-state index contributed by atoms with van der Waals surface area (Å²) in [6.45, 7) is 20.3. The van der Waals surface area contributed by atoms with Gasteiger partial charge in [-0.05, 0) is 133 Å². The van der Waals surface area contributed by atoms with Crippen molar-refractivity contribution in [3.63, 3.8) is 0 Å². The zero-order valence-electron chi connectivity index (χ0n) is 55.2. The van der Waals surface area contributed by atoms with Crippen molar-refractivity contribution in [2.75, 3.05) is 59.6 Å². The summed E-state index contributed by atoms with van der Waals surface area (Å²) in [4.78, 5) is 48.2. The van der Waals surface area contributed by atoms with E-state index in [1.807, 2.05) is 4.72 Å². The largest absolute Gasteiger partial charge is 1.00 e. The van der Waals surface area contributed by atoms with E-state index in [9.17, 15) is 26.4 Å². The molecule has 2 aromatic carbocycles. The Bertz CT molecular complexity index is 3680. The Morgan fingerprint density at radius 3 is 1.46 bits per heavy atom. The molecule has 3 N–H and O–H groups in total. The van der Waals surface area contributed by atoms with E-state index in [2.05, 4.69) is 90.4 Å². The molecule has 33 heteroatoms. The van der Waals surface area contributed by atoms with Crippen molar-refractivity contribution in [3.8, 4) is 46.4 Å². The van der Waals surface area contributed by atoms with E-state index in [-0.39, 0.29) is 204 Å². The Morgan fingerprint density at radius 2 is 1.11 bits per heavy atom. The van der Waals surface area contributed by atoms with E-state index in [0.717, 1.165) is 38.0 Å². The van der Waals surface area contributed by atoms with Crippen molar-refractivity contribution in [2.45, 2.75) is 115 Å². The maximum absolute atomic E-state index is 13.6. The van der Waals surface area contributed by atoms with Crippen LogP contribution in [0.4, 0.5) is 5.82 Å². The molecule has 0 radical (unpaired) electrons. The predicted molar refractivity (Wildman–Crippen MR) is 349 cm³/mol. The zero-order valence-corrected chi connectivity index (χ0v) is 65.7. The van der Waals surface area contributed by atoms with Crippen molar-refractivity contribution in [1.82, 2.24) is 44.3 Å². The number of anilines is 1. The number of aromatic nitrogens is 6. The first-order valence-electron chi connectivity index (χ1n) is 27.9. The van der Waals surface area contributed by atoms with Gasteiger partial charge in [-0.3, -0.25) is 14.4 Å². The molecule has 4 aromatic heterocycles. The number of amides is 2. The van der Waals surface area contributed by atoms with Gasteiger partial charge in [0, 0.05) is 65.1 Å². The van der Waals surface area contributed by atoms with Crippen molar-refractivity contribution < 1.29 is 174 Å². The van der Waals surface area contributed by atoms with Crippen LogP contribution in [0.2, 0.25) is 5.15 Å². The number of nitrogens with one attached hydrogen (secondary N) is 3. The van der Waals surface area contributed by atoms with Gasteiger partial charge in [-0.25, -0.2) is 45.6 Å². The smallest absolute Gasteiger partial charge is 1.00 e. The molecule has 2 saturated heterocycles. The minimum atomic E-state index is -4.29. The summed E-state index contributed by atoms with van der Waals surface area (Å²) in [7, 11) is -2.98. The van der Waals surface area contributed by atoms with Gasteiger partial charge < -0.3 is 50.2 Å². The number of halogens is 2. The quantitative estimate of drug-likeness (QED) is 0.0324. The molecule has 498 valence electrons. The minimum Gasteiger partial charge on any atom is -1.00 e. The number of ether oxygens (including phenoxy) is 6. The first kappa shape index (κ1) is 84.6. The maximum atomic E-state index is 13.6. The summed E-state index contributed by atoms with van der Waals surface area (Å²) in [6.07, 6.45) is 10.2. The normalized spacial score (nSPS) is 17.1. The van der Waals surface area contributed by atoms with Crippen molar-refractivity contribution in [1.29, 1.82) is 0 Å². The standard InChI is InChI=1S/C29H37N5O6S.C22H23ClN4O6S.C7H15N.CH2O3.ClH.2K.2H2S.H/c1-19-16-28(2,3)33(17-19)26-21(27(35)32-41(36,37)23-9-7-20(38-5)15-22(23)39-6)8-10-24(30-26)34-14-11-25(31-34)40-18-29(4)12-13-29;1-22(9-10-22)13-33-19-8-11-27(25-19)18-7-5-15(20(23)24-18)21(28)26-34(29,30)17-6-4-14(31-2)12-16(17)32-3;1-6-4-7(2,3)8-5-6;2-1-4-3;;;;;;/h7-11,14-15,19H,12-13,16-18H2,1-6H3,(H,32,35);4-8,11-12H,9-10,13H2,1-3H3,(H,26,28);6,8H,4-5H2,1-3H3;1,3H;1H;;;2*1H2;/q;;;;;2*+1;;;-1/p-1/t19-;;6-;;;;;;;/m0.0......./s1. The first-order valence-corrected chi connectivity index (χ1v) is 31.2. The monoisotopic (exact) mass is 1450 g/mol. The van der Waals surface area contributed by atoms with Crippen molar-refractivity contribution in [2.24, 2.45) is 22.7 Å². The van der Waals surface area contributed by atoms with Crippen LogP contribution in [0.15, 0.2) is 95.0 Å². The van der Waals surface area contributed by atoms with Crippen LogP contribution >= 0.6 is 51.0 Å². The summed E-state index contributed by atoms with van der Waals surface area (Å²) in [5, 5.41) is 20.5. The molecule has 2 atom stereocenters. The van der Waals surface area contributed by atoms with Gasteiger partial charge in [-0.1, -0.05) is 39.3 Å². The van der Waals surface area contributed by atoms with Gasteiger partial charge in [0.25, 0.3) is 38.3 Å². The van der Waals surface area contributed by atoms with E-state index < -0.39 is 31.9 Å². The molecule has 92 heavy (non-hydrogen) atoms. The summed E-state index contributed by atoms with van der Waals surface area (Å²) in [5.74, 6) is 2.56. The van der Waals surface area contributed by atoms with Crippen LogP contribution in [-0.2, 0) is 29.7 Å². The number of benzene rings is 2. The zero-order chi connectivity index (χ0) is 63.7. The number of nitrogens with zero attached hydrogens (tertiary/aromatic N) is 7. The van der Waals surface area contributed by atoms with Crippen LogP contribution in [0.5, 0.6) is 34.8 Å². The second-order valence-electron chi connectivity index (χ2n) is 23.8. The van der Waals surface area contributed by atoms with Crippen LogP contribution < -0.4 is 156 Å². The molecule has 2 aliphatic heterocycles. The SMILES string of the molecule is COc1ccc(S(=O)(=O)NC(=O)c2ccc(-n3ccc(OCC4(C)CC4)n3)nc2Cl)c(OC)c1.COc1ccc(S(=O)(=O)NC(=O)c2ccc(-n3ccc(OCC4(C)CC4)n3)nc2N2C[C@@H](C)CC2(C)C)c(OC)c1.C[C@@H]1CNC(C)(C)C1.Cl.O=CO[O-].S.S.[H-].[K+].[K+]. The molecule has 4 fully saturated rings. The number of hydrogen-bond acceptors (Lipinski definition) is 21. The van der Waals surface area contributed by atoms with Gasteiger partial charge in [0.1, 0.15) is 43.8 Å². The van der Waals surface area contributed by atoms with E-state index in [1.165, 1.54) is 94.6 Å². The topological polar surface area (TPSA) is 308 Å². The fraction of sp³-hybridized carbons (Fsp3) is 0.475. The molecular formula is C59H82Cl2K2N10O15S4. The average Bonchev–Trinajstić information content (AvgIpc) is 1.75. The predicted octanol–water partition coefficient (Wildman–Crippen LogP) is 2.04. The van der Waals surface area contributed by atoms with Crippen LogP contribution in [0.25, 0.3) is 11.6 Å². The Labute approximate surface area is 650 Å². The van der Waals surface area contributed by atoms with Crippen LogP contribution in [0.3, 0.4) is 0 Å². The molecule has 25 nitrogen and oxygen atoms in total. The fourth-order valence-corrected chi connectivity index (χ4v) is 12.3. The number of hydrogen-bond donors (Lipinski definition) is 3. The summed E-state index contributed by atoms with van der Waals surface area (Å²) in [5.41, 5.74) is 0.564. The molecule has 2 amide bonds. The third-order valence-corrected chi connectivity index (χ3v) is 18.1. The van der Waals surface area contributed by atoms with Gasteiger partial charge >= 0.3 is 103 Å². The second-order valence-corrected chi connectivity index (χ2v) is 27.5. The molecular weight excluding hydrogens is 1370 g/mol. The number of sulfonamides is 2. The third-order valence-electron chi connectivity index (χ3n) is 15.1. The summed E-state index contributed by atoms with van der Waals surface area (Å²) < 4.78 is 91.7.